The minimum Gasteiger partial charge on any atom is -0.375 e. The molecule has 0 amide bonds. The Kier molecular flexibility index (Phi) is 6.14. The molecule has 1 saturated heterocycles. The van der Waals surface area contributed by atoms with E-state index in [4.69, 9.17) is 18.0 Å². The fraction of sp³-hybridized carbons (Fsp3) is 0.316. The first-order valence-electron chi connectivity index (χ1n) is 8.68. The molecule has 0 bridgehead atoms. The zero-order valence-electron chi connectivity index (χ0n) is 14.9. The third kappa shape index (κ3) is 5.00. The van der Waals surface area contributed by atoms with Gasteiger partial charge in [0, 0.05) is 44.6 Å². The summed E-state index contributed by atoms with van der Waals surface area (Å²) in [6, 6.07) is 12.5. The van der Waals surface area contributed by atoms with Gasteiger partial charge in [-0.25, -0.2) is 0 Å². The van der Waals surface area contributed by atoms with Crippen molar-refractivity contribution in [2.75, 3.05) is 31.1 Å². The topological polar surface area (TPSA) is 69.8 Å². The van der Waals surface area contributed by atoms with E-state index < -0.39 is 0 Å². The number of aromatic nitrogens is 1. The second-order valence-electron chi connectivity index (χ2n) is 6.36. The zero-order chi connectivity index (χ0) is 18.4. The lowest BCUT2D eigenvalue weighted by Crippen LogP contribution is -2.46. The molecular formula is C19H24N6S. The van der Waals surface area contributed by atoms with Crippen LogP contribution in [0, 0.1) is 6.92 Å². The lowest BCUT2D eigenvalue weighted by atomic mass is 10.1. The van der Waals surface area contributed by atoms with Crippen molar-refractivity contribution in [2.24, 2.45) is 10.8 Å². The molecule has 1 aromatic carbocycles. The van der Waals surface area contributed by atoms with Gasteiger partial charge in [0.15, 0.2) is 5.11 Å². The maximum absolute atomic E-state index is 5.37. The normalized spacial score (nSPS) is 15.3. The summed E-state index contributed by atoms with van der Waals surface area (Å²) in [5.74, 6) is 0. The predicted octanol–water partition coefficient (Wildman–Crippen LogP) is 1.88. The summed E-state index contributed by atoms with van der Waals surface area (Å²) in [6.07, 6.45) is 3.60. The van der Waals surface area contributed by atoms with Crippen LogP contribution >= 0.6 is 12.2 Å². The Bertz CT molecular complexity index is 769. The second kappa shape index (κ2) is 8.73. The molecule has 1 fully saturated rings. The van der Waals surface area contributed by atoms with Crippen molar-refractivity contribution in [2.45, 2.75) is 13.5 Å². The van der Waals surface area contributed by atoms with Gasteiger partial charge in [0.1, 0.15) is 0 Å². The molecule has 0 radical (unpaired) electrons. The van der Waals surface area contributed by atoms with Crippen molar-refractivity contribution in [1.82, 2.24) is 15.3 Å². The van der Waals surface area contributed by atoms with Crippen LogP contribution in [0.15, 0.2) is 47.7 Å². The average molecular weight is 369 g/mol. The van der Waals surface area contributed by atoms with Crippen LogP contribution in [0.2, 0.25) is 0 Å². The Morgan fingerprint density at radius 3 is 2.73 bits per heavy atom. The Morgan fingerprint density at radius 1 is 1.27 bits per heavy atom. The van der Waals surface area contributed by atoms with Gasteiger partial charge in [0.2, 0.25) is 0 Å². The van der Waals surface area contributed by atoms with Gasteiger partial charge >= 0.3 is 0 Å². The highest BCUT2D eigenvalue weighted by atomic mass is 32.1. The number of hydrogen-bond donors (Lipinski definition) is 2. The van der Waals surface area contributed by atoms with Gasteiger partial charge in [0.05, 0.1) is 11.9 Å². The first kappa shape index (κ1) is 18.3. The standard InChI is InChI=1S/C19H24N6S/c1-15-12-18(6-5-16(15)13-22-23-19(20)26)25-10-8-24(9-11-25)14-17-4-2-3-7-21-17/h2-7,12-13H,8-11,14H2,1H3,(H3,20,23,26)/b22-13-. The maximum Gasteiger partial charge on any atom is 0.184 e. The first-order valence-corrected chi connectivity index (χ1v) is 9.09. The SMILES string of the molecule is Cc1cc(N2CCN(Cc3ccccn3)CC2)ccc1/C=N\NC(N)=S. The number of thiocarbonyl (C=S) groups is 1. The largest absolute Gasteiger partial charge is 0.375 e. The number of pyridine rings is 1. The van der Waals surface area contributed by atoms with E-state index in [1.54, 1.807) is 6.21 Å². The van der Waals surface area contributed by atoms with E-state index in [2.05, 4.69) is 56.5 Å². The Labute approximate surface area is 159 Å². The van der Waals surface area contributed by atoms with Gasteiger partial charge < -0.3 is 10.6 Å². The summed E-state index contributed by atoms with van der Waals surface area (Å²) in [6.45, 7) is 7.11. The van der Waals surface area contributed by atoms with Gasteiger partial charge in [-0.1, -0.05) is 12.1 Å². The van der Waals surface area contributed by atoms with Crippen LogP contribution in [0.25, 0.3) is 0 Å². The average Bonchev–Trinajstić information content (AvgIpc) is 2.64. The molecule has 6 nitrogen and oxygen atoms in total. The number of anilines is 1. The molecule has 0 unspecified atom stereocenters. The van der Waals surface area contributed by atoms with E-state index in [0.29, 0.717) is 0 Å². The maximum atomic E-state index is 5.37. The van der Waals surface area contributed by atoms with Gasteiger partial charge in [-0.2, -0.15) is 5.10 Å². The molecule has 0 aliphatic carbocycles. The highest BCUT2D eigenvalue weighted by Gasteiger charge is 2.18. The summed E-state index contributed by atoms with van der Waals surface area (Å²) in [5, 5.41) is 4.19. The number of nitrogens with two attached hydrogens (primary N) is 1. The summed E-state index contributed by atoms with van der Waals surface area (Å²) in [5.41, 5.74) is 12.6. The number of rotatable bonds is 5. The monoisotopic (exact) mass is 368 g/mol. The number of hydrogen-bond acceptors (Lipinski definition) is 5. The Balaban J connectivity index is 1.56. The second-order valence-corrected chi connectivity index (χ2v) is 6.80. The molecule has 1 aliphatic heterocycles. The van der Waals surface area contributed by atoms with Crippen LogP contribution in [0.4, 0.5) is 5.69 Å². The Hall–Kier alpha value is -2.51. The van der Waals surface area contributed by atoms with Crippen molar-refractivity contribution in [3.05, 3.63) is 59.4 Å². The summed E-state index contributed by atoms with van der Waals surface area (Å²) < 4.78 is 0. The van der Waals surface area contributed by atoms with Gasteiger partial charge in [-0.3, -0.25) is 15.3 Å². The quantitative estimate of drug-likeness (QED) is 0.477. The van der Waals surface area contributed by atoms with E-state index in [0.717, 1.165) is 44.0 Å². The van der Waals surface area contributed by atoms with Crippen molar-refractivity contribution in [3.8, 4) is 0 Å². The molecule has 0 atom stereocenters. The van der Waals surface area contributed by atoms with E-state index in [-0.39, 0.29) is 5.11 Å². The molecule has 0 spiro atoms. The van der Waals surface area contributed by atoms with Crippen LogP contribution in [-0.4, -0.2) is 47.4 Å². The van der Waals surface area contributed by atoms with Gasteiger partial charge in [-0.05, 0) is 54.5 Å². The fourth-order valence-electron chi connectivity index (χ4n) is 3.05. The summed E-state index contributed by atoms with van der Waals surface area (Å²) in [7, 11) is 0. The van der Waals surface area contributed by atoms with Crippen molar-refractivity contribution in [1.29, 1.82) is 0 Å². The zero-order valence-corrected chi connectivity index (χ0v) is 15.7. The summed E-state index contributed by atoms with van der Waals surface area (Å²) >= 11 is 4.74. The number of benzene rings is 1. The Morgan fingerprint density at radius 2 is 2.08 bits per heavy atom. The third-order valence-electron chi connectivity index (χ3n) is 4.48. The van der Waals surface area contributed by atoms with E-state index in [1.165, 1.54) is 11.3 Å². The van der Waals surface area contributed by atoms with Crippen molar-refractivity contribution in [3.63, 3.8) is 0 Å². The van der Waals surface area contributed by atoms with Gasteiger partial charge in [-0.15, -0.1) is 0 Å². The van der Waals surface area contributed by atoms with E-state index >= 15 is 0 Å². The molecule has 0 saturated carbocycles. The van der Waals surface area contributed by atoms with Crippen molar-refractivity contribution >= 4 is 29.2 Å². The molecule has 7 heteroatoms. The van der Waals surface area contributed by atoms with E-state index in [9.17, 15) is 0 Å². The fourth-order valence-corrected chi connectivity index (χ4v) is 3.10. The number of piperazine rings is 1. The highest BCUT2D eigenvalue weighted by molar-refractivity contribution is 7.80. The summed E-state index contributed by atoms with van der Waals surface area (Å²) in [4.78, 5) is 9.30. The van der Waals surface area contributed by atoms with Crippen LogP contribution in [0.1, 0.15) is 16.8 Å². The molecular weight excluding hydrogens is 344 g/mol. The molecule has 26 heavy (non-hydrogen) atoms. The minimum atomic E-state index is 0.166. The molecule has 1 aliphatic rings. The lowest BCUT2D eigenvalue weighted by molar-refractivity contribution is 0.247. The molecule has 2 heterocycles. The van der Waals surface area contributed by atoms with Crippen LogP contribution in [0.5, 0.6) is 0 Å². The van der Waals surface area contributed by atoms with Crippen LogP contribution < -0.4 is 16.1 Å². The van der Waals surface area contributed by atoms with E-state index in [1.807, 2.05) is 18.3 Å². The molecule has 3 rings (SSSR count). The first-order chi connectivity index (χ1) is 12.6. The lowest BCUT2D eigenvalue weighted by Gasteiger charge is -2.36. The third-order valence-corrected chi connectivity index (χ3v) is 4.57. The van der Waals surface area contributed by atoms with Gasteiger partial charge in [0.25, 0.3) is 0 Å². The van der Waals surface area contributed by atoms with Crippen LogP contribution in [0.3, 0.4) is 0 Å². The number of aryl methyl sites for hydroxylation is 1. The number of nitrogens with one attached hydrogen (secondary N) is 1. The van der Waals surface area contributed by atoms with Crippen molar-refractivity contribution < 1.29 is 0 Å². The van der Waals surface area contributed by atoms with Crippen LogP contribution in [-0.2, 0) is 6.54 Å². The molecule has 2 aromatic rings. The minimum absolute atomic E-state index is 0.166. The number of hydrazone groups is 1. The molecule has 136 valence electrons. The molecule has 1 aromatic heterocycles. The highest BCUT2D eigenvalue weighted by Crippen LogP contribution is 2.20. The predicted molar refractivity (Wildman–Crippen MR) is 110 cm³/mol. The number of nitrogens with zero attached hydrogens (tertiary/aromatic N) is 4. The smallest absolute Gasteiger partial charge is 0.184 e. The molecule has 3 N–H and O–H groups in total.